The molecule has 0 aliphatic carbocycles. The van der Waals surface area contributed by atoms with Crippen molar-refractivity contribution in [2.75, 3.05) is 0 Å². The molecule has 2 rings (SSSR count). The highest BCUT2D eigenvalue weighted by Gasteiger charge is 2.10. The van der Waals surface area contributed by atoms with Crippen LogP contribution in [0, 0.1) is 17.5 Å². The van der Waals surface area contributed by atoms with E-state index in [1.54, 1.807) is 6.92 Å². The van der Waals surface area contributed by atoms with Gasteiger partial charge in [-0.1, -0.05) is 0 Å². The first-order chi connectivity index (χ1) is 7.50. The molecule has 0 bridgehead atoms. The van der Waals surface area contributed by atoms with Crippen molar-refractivity contribution in [3.05, 3.63) is 43.2 Å². The Morgan fingerprint density at radius 3 is 2.69 bits per heavy atom. The fourth-order valence-electron chi connectivity index (χ4n) is 1.41. The summed E-state index contributed by atoms with van der Waals surface area (Å²) < 4.78 is 15.0. The van der Waals surface area contributed by atoms with Crippen molar-refractivity contribution in [1.29, 1.82) is 0 Å². The number of benzene rings is 1. The molecular weight excluding hydrogens is 297 g/mol. The van der Waals surface area contributed by atoms with Gasteiger partial charge < -0.3 is 0 Å². The van der Waals surface area contributed by atoms with Gasteiger partial charge in [0.15, 0.2) is 0 Å². The van der Waals surface area contributed by atoms with Gasteiger partial charge in [-0.05, 0) is 52.8 Å². The zero-order valence-electron chi connectivity index (χ0n) is 8.17. The second-order valence-electron chi connectivity index (χ2n) is 3.25. The van der Waals surface area contributed by atoms with E-state index in [9.17, 15) is 9.18 Å². The highest BCUT2D eigenvalue weighted by Crippen LogP contribution is 2.22. The Bertz CT molecular complexity index is 630. The van der Waals surface area contributed by atoms with Crippen LogP contribution in [-0.4, -0.2) is 14.8 Å². The Balaban J connectivity index is 2.80. The molecule has 0 saturated heterocycles. The molecule has 0 aliphatic rings. The SMILES string of the molecule is Cc1cc(F)c(Br)cc1-n1c(=O)[nH][nH]c1=S. The molecule has 0 radical (unpaired) electrons. The van der Waals surface area contributed by atoms with Crippen molar-refractivity contribution < 1.29 is 4.39 Å². The van der Waals surface area contributed by atoms with Gasteiger partial charge in [0.1, 0.15) is 5.82 Å². The zero-order chi connectivity index (χ0) is 11.9. The zero-order valence-corrected chi connectivity index (χ0v) is 10.6. The van der Waals surface area contributed by atoms with Crippen molar-refractivity contribution in [3.63, 3.8) is 0 Å². The monoisotopic (exact) mass is 303 g/mol. The smallest absolute Gasteiger partial charge is 0.272 e. The van der Waals surface area contributed by atoms with E-state index in [4.69, 9.17) is 12.2 Å². The van der Waals surface area contributed by atoms with Crippen molar-refractivity contribution >= 4 is 28.1 Å². The summed E-state index contributed by atoms with van der Waals surface area (Å²) in [5, 5.41) is 4.89. The molecule has 1 aromatic carbocycles. The third-order valence-corrected chi connectivity index (χ3v) is 3.05. The van der Waals surface area contributed by atoms with E-state index < -0.39 is 0 Å². The maximum absolute atomic E-state index is 13.2. The fourth-order valence-corrected chi connectivity index (χ4v) is 1.97. The molecule has 7 heteroatoms. The second-order valence-corrected chi connectivity index (χ2v) is 4.49. The van der Waals surface area contributed by atoms with Crippen LogP contribution in [0.4, 0.5) is 4.39 Å². The van der Waals surface area contributed by atoms with Crippen LogP contribution in [0.2, 0.25) is 0 Å². The molecule has 1 aromatic heterocycles. The molecule has 16 heavy (non-hydrogen) atoms. The van der Waals surface area contributed by atoms with Crippen LogP contribution < -0.4 is 5.69 Å². The first-order valence-corrected chi connectivity index (χ1v) is 5.56. The molecule has 0 unspecified atom stereocenters. The number of aromatic nitrogens is 3. The lowest BCUT2D eigenvalue weighted by Crippen LogP contribution is -2.16. The summed E-state index contributed by atoms with van der Waals surface area (Å²) in [6, 6.07) is 2.86. The molecule has 84 valence electrons. The van der Waals surface area contributed by atoms with Gasteiger partial charge >= 0.3 is 5.69 Å². The Morgan fingerprint density at radius 2 is 2.12 bits per heavy atom. The molecule has 0 saturated carbocycles. The van der Waals surface area contributed by atoms with Crippen molar-refractivity contribution in [2.45, 2.75) is 6.92 Å². The predicted molar refractivity (Wildman–Crippen MR) is 64.0 cm³/mol. The molecule has 4 nitrogen and oxygen atoms in total. The van der Waals surface area contributed by atoms with Crippen LogP contribution in [0.3, 0.4) is 0 Å². The number of aryl methyl sites for hydroxylation is 1. The van der Waals surface area contributed by atoms with Crippen LogP contribution >= 0.6 is 28.1 Å². The number of H-pyrrole nitrogens is 2. The first kappa shape index (κ1) is 11.3. The maximum atomic E-state index is 13.2. The average molecular weight is 304 g/mol. The average Bonchev–Trinajstić information content (AvgIpc) is 2.53. The highest BCUT2D eigenvalue weighted by atomic mass is 79.9. The topological polar surface area (TPSA) is 53.6 Å². The van der Waals surface area contributed by atoms with E-state index >= 15 is 0 Å². The minimum atomic E-state index is -0.383. The van der Waals surface area contributed by atoms with Crippen molar-refractivity contribution in [1.82, 2.24) is 14.8 Å². The lowest BCUT2D eigenvalue weighted by atomic mass is 10.2. The minimum absolute atomic E-state index is 0.242. The van der Waals surface area contributed by atoms with E-state index in [2.05, 4.69) is 26.1 Å². The second kappa shape index (κ2) is 3.99. The maximum Gasteiger partial charge on any atom is 0.347 e. The number of halogens is 2. The minimum Gasteiger partial charge on any atom is -0.272 e. The molecule has 0 fully saturated rings. The van der Waals surface area contributed by atoms with E-state index in [1.165, 1.54) is 16.7 Å². The van der Waals surface area contributed by atoms with E-state index in [1.807, 2.05) is 0 Å². The van der Waals surface area contributed by atoms with E-state index in [-0.39, 0.29) is 20.8 Å². The largest absolute Gasteiger partial charge is 0.347 e. The number of rotatable bonds is 1. The van der Waals surface area contributed by atoms with Crippen LogP contribution in [-0.2, 0) is 0 Å². The Hall–Kier alpha value is -1.21. The first-order valence-electron chi connectivity index (χ1n) is 4.36. The van der Waals surface area contributed by atoms with Crippen LogP contribution in [0.1, 0.15) is 5.56 Å². The van der Waals surface area contributed by atoms with Crippen LogP contribution in [0.5, 0.6) is 0 Å². The summed E-state index contributed by atoms with van der Waals surface area (Å²) >= 11 is 8.03. The van der Waals surface area contributed by atoms with Crippen LogP contribution in [0.15, 0.2) is 21.4 Å². The number of aromatic amines is 2. The molecule has 0 spiro atoms. The summed E-state index contributed by atoms with van der Waals surface area (Å²) in [6.45, 7) is 1.71. The molecule has 2 N–H and O–H groups in total. The van der Waals surface area contributed by atoms with E-state index in [0.29, 0.717) is 11.3 Å². The normalized spacial score (nSPS) is 10.7. The van der Waals surface area contributed by atoms with Crippen molar-refractivity contribution in [2.24, 2.45) is 0 Å². The van der Waals surface area contributed by atoms with Gasteiger partial charge in [-0.25, -0.2) is 18.9 Å². The van der Waals surface area contributed by atoms with Gasteiger partial charge in [-0.2, -0.15) is 0 Å². The number of hydrogen-bond acceptors (Lipinski definition) is 2. The van der Waals surface area contributed by atoms with E-state index in [0.717, 1.165) is 0 Å². The fraction of sp³-hybridized carbons (Fsp3) is 0.111. The summed E-state index contributed by atoms with van der Waals surface area (Å²) in [5.74, 6) is -0.375. The summed E-state index contributed by atoms with van der Waals surface area (Å²) in [4.78, 5) is 11.5. The molecule has 1 heterocycles. The van der Waals surface area contributed by atoms with Gasteiger partial charge in [0.05, 0.1) is 10.2 Å². The Morgan fingerprint density at radius 1 is 1.44 bits per heavy atom. The number of hydrogen-bond donors (Lipinski definition) is 2. The van der Waals surface area contributed by atoms with Gasteiger partial charge in [0.2, 0.25) is 4.77 Å². The van der Waals surface area contributed by atoms with Crippen molar-refractivity contribution in [3.8, 4) is 5.69 Å². The van der Waals surface area contributed by atoms with Gasteiger partial charge in [0, 0.05) is 0 Å². The molecule has 0 aliphatic heterocycles. The van der Waals surface area contributed by atoms with Gasteiger partial charge in [-0.15, -0.1) is 0 Å². The number of nitrogens with one attached hydrogen (secondary N) is 2. The predicted octanol–water partition coefficient (Wildman–Crippen LogP) is 2.43. The molecular formula is C9H7BrFN3OS. The lowest BCUT2D eigenvalue weighted by Gasteiger charge is -2.06. The molecule has 0 atom stereocenters. The molecule has 2 aromatic rings. The van der Waals surface area contributed by atoms with Gasteiger partial charge in [-0.3, -0.25) is 5.10 Å². The summed E-state index contributed by atoms with van der Waals surface area (Å²) in [6.07, 6.45) is 0. The Kier molecular flexibility index (Phi) is 2.81. The highest BCUT2D eigenvalue weighted by molar-refractivity contribution is 9.10. The third-order valence-electron chi connectivity index (χ3n) is 2.16. The standard InChI is InChI=1S/C9H7BrFN3OS/c1-4-2-6(11)5(10)3-7(4)14-8(15)12-13-9(14)16/h2-3H,1H3,(H,12,15)(H,13,16). The number of nitrogens with zero attached hydrogens (tertiary/aromatic N) is 1. The third kappa shape index (κ3) is 1.76. The summed E-state index contributed by atoms with van der Waals surface area (Å²) in [5.41, 5.74) is 0.786. The molecule has 0 amide bonds. The lowest BCUT2D eigenvalue weighted by molar-refractivity contribution is 0.619. The van der Waals surface area contributed by atoms with Crippen LogP contribution in [0.25, 0.3) is 5.69 Å². The van der Waals surface area contributed by atoms with Gasteiger partial charge in [0.25, 0.3) is 0 Å². The summed E-state index contributed by atoms with van der Waals surface area (Å²) in [7, 11) is 0. The Labute approximate surface area is 103 Å². The quantitative estimate of drug-likeness (QED) is 0.795.